The predicted octanol–water partition coefficient (Wildman–Crippen LogP) is 1.44. The Balaban J connectivity index is 2.56. The minimum Gasteiger partial charge on any atom is -0.308 e. The molecule has 0 aliphatic carbocycles. The third-order valence-electron chi connectivity index (χ3n) is 2.28. The van der Waals surface area contributed by atoms with Crippen LogP contribution in [0.4, 0.5) is 5.82 Å². The van der Waals surface area contributed by atoms with E-state index in [1.54, 1.807) is 18.5 Å². The molecule has 0 saturated heterocycles. The first-order valence-electron chi connectivity index (χ1n) is 4.94. The predicted molar refractivity (Wildman–Crippen MR) is 62.5 cm³/mol. The zero-order valence-corrected chi connectivity index (χ0v) is 9.23. The number of hydrogen-bond acceptors (Lipinski definition) is 5. The van der Waals surface area contributed by atoms with Crippen LogP contribution < -0.4 is 11.3 Å². The van der Waals surface area contributed by atoms with Crippen LogP contribution in [0.1, 0.15) is 11.3 Å². The van der Waals surface area contributed by atoms with Crippen molar-refractivity contribution in [2.24, 2.45) is 5.84 Å². The van der Waals surface area contributed by atoms with Crippen LogP contribution in [-0.4, -0.2) is 15.0 Å². The monoisotopic (exact) mass is 215 g/mol. The van der Waals surface area contributed by atoms with Gasteiger partial charge >= 0.3 is 0 Å². The van der Waals surface area contributed by atoms with E-state index in [4.69, 9.17) is 5.84 Å². The molecule has 16 heavy (non-hydrogen) atoms. The Morgan fingerprint density at radius 2 is 2.06 bits per heavy atom. The van der Waals surface area contributed by atoms with Crippen LogP contribution >= 0.6 is 0 Å². The highest BCUT2D eigenvalue weighted by atomic mass is 15.3. The third kappa shape index (κ3) is 1.99. The summed E-state index contributed by atoms with van der Waals surface area (Å²) in [6, 6.07) is 3.71. The van der Waals surface area contributed by atoms with Crippen molar-refractivity contribution in [2.75, 3.05) is 5.43 Å². The molecular formula is C11H13N5. The fourth-order valence-corrected chi connectivity index (χ4v) is 1.46. The van der Waals surface area contributed by atoms with E-state index in [-0.39, 0.29) is 0 Å². The normalized spacial score (nSPS) is 10.2. The summed E-state index contributed by atoms with van der Waals surface area (Å²) in [4.78, 5) is 12.7. The maximum atomic E-state index is 5.35. The molecule has 5 heteroatoms. The van der Waals surface area contributed by atoms with Crippen molar-refractivity contribution in [1.82, 2.24) is 15.0 Å². The van der Waals surface area contributed by atoms with Crippen LogP contribution in [0.3, 0.4) is 0 Å². The number of anilines is 1. The smallest absolute Gasteiger partial charge is 0.163 e. The number of nitrogens with one attached hydrogen (secondary N) is 1. The summed E-state index contributed by atoms with van der Waals surface area (Å²) < 4.78 is 0. The number of rotatable bonds is 2. The molecule has 82 valence electrons. The zero-order chi connectivity index (χ0) is 11.5. The van der Waals surface area contributed by atoms with Gasteiger partial charge in [-0.15, -0.1) is 0 Å². The minimum atomic E-state index is 0.603. The first-order chi connectivity index (χ1) is 7.70. The Labute approximate surface area is 93.7 Å². The number of aryl methyl sites for hydroxylation is 2. The molecule has 2 aromatic rings. The van der Waals surface area contributed by atoms with Crippen molar-refractivity contribution in [3.63, 3.8) is 0 Å². The molecule has 0 amide bonds. The minimum absolute atomic E-state index is 0.603. The van der Waals surface area contributed by atoms with Crippen LogP contribution in [0.25, 0.3) is 11.4 Å². The number of aromatic nitrogens is 3. The molecule has 0 unspecified atom stereocenters. The molecular weight excluding hydrogens is 202 g/mol. The Morgan fingerprint density at radius 1 is 1.25 bits per heavy atom. The lowest BCUT2D eigenvalue weighted by Crippen LogP contribution is -2.10. The lowest BCUT2D eigenvalue weighted by atomic mass is 10.1. The average molecular weight is 215 g/mol. The van der Waals surface area contributed by atoms with E-state index in [9.17, 15) is 0 Å². The first kappa shape index (κ1) is 10.5. The molecule has 0 bridgehead atoms. The van der Waals surface area contributed by atoms with Crippen LogP contribution in [-0.2, 0) is 0 Å². The van der Waals surface area contributed by atoms with Crippen molar-refractivity contribution in [1.29, 1.82) is 0 Å². The van der Waals surface area contributed by atoms with Crippen LogP contribution in [0, 0.1) is 13.8 Å². The van der Waals surface area contributed by atoms with E-state index in [0.717, 1.165) is 16.8 Å². The van der Waals surface area contributed by atoms with Crippen LogP contribution in [0.15, 0.2) is 24.5 Å². The molecule has 0 aromatic carbocycles. The summed E-state index contributed by atoms with van der Waals surface area (Å²) in [5.41, 5.74) is 5.39. The summed E-state index contributed by atoms with van der Waals surface area (Å²) in [7, 11) is 0. The Kier molecular flexibility index (Phi) is 2.78. The van der Waals surface area contributed by atoms with Crippen molar-refractivity contribution >= 4 is 5.82 Å². The molecule has 0 aliphatic rings. The Bertz CT molecular complexity index is 509. The third-order valence-corrected chi connectivity index (χ3v) is 2.28. The SMILES string of the molecule is Cc1cc(NN)nc(-c2cnccc2C)n1. The number of hydrogen-bond donors (Lipinski definition) is 2. The van der Waals surface area contributed by atoms with E-state index >= 15 is 0 Å². The van der Waals surface area contributed by atoms with Crippen molar-refractivity contribution < 1.29 is 0 Å². The van der Waals surface area contributed by atoms with Gasteiger partial charge < -0.3 is 5.43 Å². The molecule has 5 nitrogen and oxygen atoms in total. The molecule has 0 radical (unpaired) electrons. The average Bonchev–Trinajstić information content (AvgIpc) is 2.28. The highest BCUT2D eigenvalue weighted by Gasteiger charge is 2.06. The molecule has 0 spiro atoms. The van der Waals surface area contributed by atoms with Gasteiger partial charge in [-0.25, -0.2) is 15.8 Å². The standard InChI is InChI=1S/C11H13N5/c1-7-3-4-13-6-9(7)11-14-8(2)5-10(15-11)16-12/h3-6H,12H2,1-2H3,(H,14,15,16). The molecule has 0 fully saturated rings. The second-order valence-corrected chi connectivity index (χ2v) is 3.55. The van der Waals surface area contributed by atoms with Gasteiger partial charge in [0.2, 0.25) is 0 Å². The second kappa shape index (κ2) is 4.24. The molecule has 0 saturated carbocycles. The van der Waals surface area contributed by atoms with E-state index in [2.05, 4.69) is 20.4 Å². The fraction of sp³-hybridized carbons (Fsp3) is 0.182. The number of nitrogen functional groups attached to an aromatic ring is 1. The zero-order valence-electron chi connectivity index (χ0n) is 9.23. The second-order valence-electron chi connectivity index (χ2n) is 3.55. The summed E-state index contributed by atoms with van der Waals surface area (Å²) in [5, 5.41) is 0. The molecule has 2 heterocycles. The lowest BCUT2D eigenvalue weighted by molar-refractivity contribution is 1.08. The number of nitrogens with zero attached hydrogens (tertiary/aromatic N) is 3. The van der Waals surface area contributed by atoms with Gasteiger partial charge in [-0.2, -0.15) is 0 Å². The van der Waals surface area contributed by atoms with Gasteiger partial charge in [0, 0.05) is 29.7 Å². The molecule has 2 rings (SSSR count). The number of pyridine rings is 1. The van der Waals surface area contributed by atoms with Crippen molar-refractivity contribution in [3.8, 4) is 11.4 Å². The van der Waals surface area contributed by atoms with Gasteiger partial charge in [0.25, 0.3) is 0 Å². The summed E-state index contributed by atoms with van der Waals surface area (Å²) in [6.45, 7) is 3.90. The van der Waals surface area contributed by atoms with Crippen LogP contribution in [0.5, 0.6) is 0 Å². The van der Waals surface area contributed by atoms with Crippen LogP contribution in [0.2, 0.25) is 0 Å². The first-order valence-corrected chi connectivity index (χ1v) is 4.94. The van der Waals surface area contributed by atoms with E-state index < -0.39 is 0 Å². The van der Waals surface area contributed by atoms with Gasteiger partial charge in [-0.1, -0.05) is 0 Å². The fourth-order valence-electron chi connectivity index (χ4n) is 1.46. The van der Waals surface area contributed by atoms with Gasteiger partial charge in [-0.3, -0.25) is 4.98 Å². The largest absolute Gasteiger partial charge is 0.308 e. The van der Waals surface area contributed by atoms with Gasteiger partial charge in [0.15, 0.2) is 5.82 Å². The Hall–Kier alpha value is -2.01. The highest BCUT2D eigenvalue weighted by molar-refractivity contribution is 5.60. The van der Waals surface area contributed by atoms with Crippen molar-refractivity contribution in [2.45, 2.75) is 13.8 Å². The molecule has 3 N–H and O–H groups in total. The van der Waals surface area contributed by atoms with Gasteiger partial charge in [-0.05, 0) is 25.5 Å². The summed E-state index contributed by atoms with van der Waals surface area (Å²) in [6.07, 6.45) is 3.50. The van der Waals surface area contributed by atoms with Gasteiger partial charge in [0.05, 0.1) is 0 Å². The topological polar surface area (TPSA) is 76.7 Å². The van der Waals surface area contributed by atoms with E-state index in [1.807, 2.05) is 19.9 Å². The maximum Gasteiger partial charge on any atom is 0.163 e. The number of hydrazine groups is 1. The summed E-state index contributed by atoms with van der Waals surface area (Å²) >= 11 is 0. The molecule has 2 aromatic heterocycles. The van der Waals surface area contributed by atoms with E-state index in [1.165, 1.54) is 0 Å². The molecule has 0 atom stereocenters. The Morgan fingerprint density at radius 3 is 2.75 bits per heavy atom. The van der Waals surface area contributed by atoms with Gasteiger partial charge in [0.1, 0.15) is 5.82 Å². The molecule has 0 aliphatic heterocycles. The quantitative estimate of drug-likeness (QED) is 0.585. The maximum absolute atomic E-state index is 5.35. The number of nitrogens with two attached hydrogens (primary N) is 1. The summed E-state index contributed by atoms with van der Waals surface area (Å²) in [5.74, 6) is 6.59. The van der Waals surface area contributed by atoms with Crippen molar-refractivity contribution in [3.05, 3.63) is 35.8 Å². The lowest BCUT2D eigenvalue weighted by Gasteiger charge is -2.06. The highest BCUT2D eigenvalue weighted by Crippen LogP contribution is 2.19. The van der Waals surface area contributed by atoms with E-state index in [0.29, 0.717) is 11.6 Å².